The number of benzene rings is 1. The van der Waals surface area contributed by atoms with Crippen LogP contribution in [0, 0.1) is 0 Å². The topological polar surface area (TPSA) is 147 Å². The summed E-state index contributed by atoms with van der Waals surface area (Å²) in [5.74, 6) is -1.37. The van der Waals surface area contributed by atoms with E-state index in [1.165, 1.54) is 24.5 Å². The van der Waals surface area contributed by atoms with E-state index in [0.29, 0.717) is 0 Å². The van der Waals surface area contributed by atoms with Crippen LogP contribution in [0.15, 0.2) is 29.4 Å². The molecule has 0 atom stereocenters. The van der Waals surface area contributed by atoms with Crippen LogP contribution in [0.3, 0.4) is 0 Å². The Morgan fingerprint density at radius 1 is 1.36 bits per heavy atom. The molecule has 0 aliphatic heterocycles. The number of nitrogens with one attached hydrogen (secondary N) is 3. The molecule has 0 fully saturated rings. The molecule has 12 heteroatoms. The maximum absolute atomic E-state index is 12.2. The number of H-pyrrole nitrogens is 1. The van der Waals surface area contributed by atoms with E-state index >= 15 is 0 Å². The molecule has 1 heterocycles. The summed E-state index contributed by atoms with van der Waals surface area (Å²) in [7, 11) is -3.45. The van der Waals surface area contributed by atoms with Crippen molar-refractivity contribution in [3.05, 3.63) is 40.8 Å². The van der Waals surface area contributed by atoms with Gasteiger partial charge in [0, 0.05) is 6.26 Å². The van der Waals surface area contributed by atoms with Gasteiger partial charge in [-0.05, 0) is 30.4 Å². The number of rotatable bonds is 4. The quantitative estimate of drug-likeness (QED) is 0.551. The molecule has 1 aromatic carbocycles. The van der Waals surface area contributed by atoms with Crippen molar-refractivity contribution in [2.75, 3.05) is 11.6 Å². The monoisotopic (exact) mass is 401 g/mol. The van der Waals surface area contributed by atoms with Gasteiger partial charge in [0.15, 0.2) is 20.8 Å². The van der Waals surface area contributed by atoms with Gasteiger partial charge >= 0.3 is 0 Å². The summed E-state index contributed by atoms with van der Waals surface area (Å²) < 4.78 is 22.9. The Bertz CT molecular complexity index is 971. The Morgan fingerprint density at radius 2 is 2.04 bits per heavy atom. The third kappa shape index (κ3) is 4.53. The van der Waals surface area contributed by atoms with Gasteiger partial charge in [-0.15, -0.1) is 0 Å². The lowest BCUT2D eigenvalue weighted by atomic mass is 10.2. The predicted octanol–water partition coefficient (Wildman–Crippen LogP) is 0.692. The van der Waals surface area contributed by atoms with Crippen molar-refractivity contribution < 1.29 is 18.0 Å². The summed E-state index contributed by atoms with van der Waals surface area (Å²) in [6, 6.07) is 3.69. The highest BCUT2D eigenvalue weighted by Gasteiger charge is 2.17. The minimum absolute atomic E-state index is 0.00728. The summed E-state index contributed by atoms with van der Waals surface area (Å²) in [6.45, 7) is 0. The van der Waals surface area contributed by atoms with Gasteiger partial charge in [-0.3, -0.25) is 14.9 Å². The first kappa shape index (κ1) is 18.8. The second-order valence-corrected chi connectivity index (χ2v) is 7.64. The molecule has 0 aliphatic rings. The van der Waals surface area contributed by atoms with Crippen LogP contribution < -0.4 is 16.4 Å². The molecule has 2 rings (SSSR count). The molecular formula is C13H12ClN5O4S2. The van der Waals surface area contributed by atoms with E-state index < -0.39 is 21.7 Å². The van der Waals surface area contributed by atoms with E-state index in [1.54, 1.807) is 0 Å². The van der Waals surface area contributed by atoms with Crippen LogP contribution in [-0.4, -0.2) is 41.6 Å². The van der Waals surface area contributed by atoms with E-state index in [4.69, 9.17) is 29.6 Å². The first-order valence-corrected chi connectivity index (χ1v) is 9.22. The number of hydrogen-bond acceptors (Lipinski definition) is 6. The number of carbonyl (C=O) groups excluding carboxylic acids is 2. The zero-order chi connectivity index (χ0) is 18.8. The maximum atomic E-state index is 12.2. The molecule has 0 bridgehead atoms. The minimum Gasteiger partial charge on any atom is -0.364 e. The third-order valence-corrected chi connectivity index (χ3v) is 4.59. The van der Waals surface area contributed by atoms with Gasteiger partial charge in [-0.25, -0.2) is 13.4 Å². The molecule has 2 aromatic rings. The van der Waals surface area contributed by atoms with Gasteiger partial charge < -0.3 is 16.0 Å². The second kappa shape index (κ2) is 7.17. The Morgan fingerprint density at radius 3 is 2.60 bits per heavy atom. The second-order valence-electron chi connectivity index (χ2n) is 4.81. The number of primary amides is 1. The number of aromatic nitrogens is 2. The highest BCUT2D eigenvalue weighted by atomic mass is 35.5. The Balaban J connectivity index is 2.13. The molecule has 2 amide bonds. The molecule has 0 unspecified atom stereocenters. The number of anilines is 1. The third-order valence-electron chi connectivity index (χ3n) is 2.96. The van der Waals surface area contributed by atoms with Crippen LogP contribution >= 0.6 is 23.8 Å². The largest absolute Gasteiger partial charge is 0.364 e. The molecule has 0 spiro atoms. The fourth-order valence-electron chi connectivity index (χ4n) is 1.80. The summed E-state index contributed by atoms with van der Waals surface area (Å²) in [5.41, 5.74) is 5.17. The highest BCUT2D eigenvalue weighted by Crippen LogP contribution is 2.21. The first-order valence-electron chi connectivity index (χ1n) is 6.54. The summed E-state index contributed by atoms with van der Waals surface area (Å²) in [6.07, 6.45) is 2.26. The number of nitrogens with two attached hydrogens (primary N) is 1. The van der Waals surface area contributed by atoms with Crippen LogP contribution in [0.4, 0.5) is 5.82 Å². The van der Waals surface area contributed by atoms with Gasteiger partial charge in [0.2, 0.25) is 0 Å². The Labute approximate surface area is 152 Å². The van der Waals surface area contributed by atoms with Gasteiger partial charge in [-0.2, -0.15) is 0 Å². The zero-order valence-corrected chi connectivity index (χ0v) is 15.1. The van der Waals surface area contributed by atoms with Crippen molar-refractivity contribution in [2.24, 2.45) is 5.73 Å². The average Bonchev–Trinajstić information content (AvgIpc) is 2.94. The van der Waals surface area contributed by atoms with Crippen molar-refractivity contribution in [3.8, 4) is 0 Å². The zero-order valence-electron chi connectivity index (χ0n) is 12.7. The normalized spacial score (nSPS) is 11.0. The number of carbonyl (C=O) groups is 2. The molecular weight excluding hydrogens is 390 g/mol. The predicted molar refractivity (Wildman–Crippen MR) is 95.4 cm³/mol. The molecule has 25 heavy (non-hydrogen) atoms. The van der Waals surface area contributed by atoms with E-state index in [0.717, 1.165) is 6.26 Å². The first-order chi connectivity index (χ1) is 11.6. The molecule has 0 saturated heterocycles. The van der Waals surface area contributed by atoms with Gasteiger partial charge in [0.25, 0.3) is 11.8 Å². The van der Waals surface area contributed by atoms with E-state index in [9.17, 15) is 18.0 Å². The standard InChI is InChI=1S/C13H12ClN5O4S2/c1-25(22,23)6-2-3-7(8(14)4-6)12(21)19-13(24)18-11-9(10(15)20)16-5-17-11/h2-5H,1H3,(H2,15,20)(H,16,17)(H2,18,19,21,24). The number of aromatic amines is 1. The Hall–Kier alpha value is -2.50. The minimum atomic E-state index is -3.45. The number of sulfone groups is 1. The van der Waals surface area contributed by atoms with E-state index in [-0.39, 0.29) is 32.1 Å². The van der Waals surface area contributed by atoms with Crippen LogP contribution in [0.2, 0.25) is 5.02 Å². The van der Waals surface area contributed by atoms with E-state index in [1.807, 2.05) is 0 Å². The molecule has 1 aromatic heterocycles. The molecule has 9 nitrogen and oxygen atoms in total. The Kier molecular flexibility index (Phi) is 5.40. The van der Waals surface area contributed by atoms with Crippen molar-refractivity contribution in [1.82, 2.24) is 15.3 Å². The molecule has 132 valence electrons. The van der Waals surface area contributed by atoms with Crippen molar-refractivity contribution in [3.63, 3.8) is 0 Å². The fourth-order valence-corrected chi connectivity index (χ4v) is 2.96. The lowest BCUT2D eigenvalue weighted by Crippen LogP contribution is -2.35. The highest BCUT2D eigenvalue weighted by molar-refractivity contribution is 7.90. The van der Waals surface area contributed by atoms with Crippen LogP contribution in [0.1, 0.15) is 20.8 Å². The SMILES string of the molecule is CS(=O)(=O)c1ccc(C(=O)NC(=S)Nc2nc[nH]c2C(N)=O)c(Cl)c1. The van der Waals surface area contributed by atoms with Crippen molar-refractivity contribution >= 4 is 56.4 Å². The van der Waals surface area contributed by atoms with E-state index in [2.05, 4.69) is 20.6 Å². The van der Waals surface area contributed by atoms with Crippen LogP contribution in [0.5, 0.6) is 0 Å². The summed E-state index contributed by atoms with van der Waals surface area (Å²) in [4.78, 5) is 29.7. The van der Waals surface area contributed by atoms with Crippen LogP contribution in [0.25, 0.3) is 0 Å². The number of thiocarbonyl (C=S) groups is 1. The molecule has 0 saturated carbocycles. The van der Waals surface area contributed by atoms with Gasteiger partial charge in [0.05, 0.1) is 21.8 Å². The smallest absolute Gasteiger partial charge is 0.269 e. The number of nitrogens with zero attached hydrogens (tertiary/aromatic N) is 1. The molecule has 0 radical (unpaired) electrons. The average molecular weight is 402 g/mol. The summed E-state index contributed by atoms with van der Waals surface area (Å²) in [5, 5.41) is 4.68. The van der Waals surface area contributed by atoms with Crippen molar-refractivity contribution in [1.29, 1.82) is 0 Å². The van der Waals surface area contributed by atoms with Crippen LogP contribution in [-0.2, 0) is 9.84 Å². The van der Waals surface area contributed by atoms with Gasteiger partial charge in [-0.1, -0.05) is 11.6 Å². The van der Waals surface area contributed by atoms with Crippen molar-refractivity contribution in [2.45, 2.75) is 4.90 Å². The fraction of sp³-hybridized carbons (Fsp3) is 0.0769. The summed E-state index contributed by atoms with van der Waals surface area (Å²) >= 11 is 10.9. The number of hydrogen-bond donors (Lipinski definition) is 4. The van der Waals surface area contributed by atoms with Gasteiger partial charge in [0.1, 0.15) is 5.69 Å². The molecule has 5 N–H and O–H groups in total. The molecule has 0 aliphatic carbocycles. The number of halogens is 1. The maximum Gasteiger partial charge on any atom is 0.269 e. The number of amides is 2. The lowest BCUT2D eigenvalue weighted by molar-refractivity contribution is 0.0975. The number of imidazole rings is 1. The lowest BCUT2D eigenvalue weighted by Gasteiger charge is -2.10.